The van der Waals surface area contributed by atoms with E-state index in [1.165, 1.54) is 22.1 Å². The van der Waals surface area contributed by atoms with E-state index in [0.717, 1.165) is 0 Å². The van der Waals surface area contributed by atoms with Gasteiger partial charge in [0.05, 0.1) is 0 Å². The van der Waals surface area contributed by atoms with Crippen molar-refractivity contribution in [3.05, 3.63) is 10.8 Å². The second-order valence-electron chi connectivity index (χ2n) is 1.14. The lowest BCUT2D eigenvalue weighted by Gasteiger charge is -1.79. The van der Waals surface area contributed by atoms with E-state index in [0.29, 0.717) is 0 Å². The van der Waals surface area contributed by atoms with E-state index < -0.39 is 0 Å². The van der Waals surface area contributed by atoms with Gasteiger partial charge >= 0.3 is 0 Å². The van der Waals surface area contributed by atoms with E-state index in [9.17, 15) is 0 Å². The molecule has 0 spiro atoms. The Labute approximate surface area is 44.7 Å². The Hall–Kier alpha value is -0.700. The van der Waals surface area contributed by atoms with Gasteiger partial charge in [0, 0.05) is 10.8 Å². The summed E-state index contributed by atoms with van der Waals surface area (Å²) in [5.74, 6) is -0.0741. The molecule has 7 heavy (non-hydrogen) atoms. The molecule has 3 heteroatoms. The van der Waals surface area contributed by atoms with Gasteiger partial charge in [0.2, 0.25) is 0 Å². The summed E-state index contributed by atoms with van der Waals surface area (Å²) < 4.78 is 0. The molecule has 0 fully saturated rings. The zero-order valence-corrected chi connectivity index (χ0v) is 4.27. The maximum absolute atomic E-state index is 8.52. The van der Waals surface area contributed by atoms with Crippen LogP contribution in [0.5, 0.6) is 11.5 Å². The Bertz CT molecular complexity index is 142. The maximum atomic E-state index is 8.52. The van der Waals surface area contributed by atoms with E-state index in [1.54, 1.807) is 0 Å². The predicted octanol–water partition coefficient (Wildman–Crippen LogP) is 1.16. The molecule has 2 nitrogen and oxygen atoms in total. The Morgan fingerprint density at radius 1 is 1.14 bits per heavy atom. The molecule has 0 radical (unpaired) electrons. The molecule has 1 aromatic heterocycles. The highest BCUT2D eigenvalue weighted by Crippen LogP contribution is 2.27. The summed E-state index contributed by atoms with van der Waals surface area (Å²) in [4.78, 5) is 0. The number of thiophene rings is 1. The van der Waals surface area contributed by atoms with Gasteiger partial charge in [-0.2, -0.15) is 0 Å². The minimum atomic E-state index is -0.0370. The molecular formula is C4H4O2S. The fourth-order valence-electron chi connectivity index (χ4n) is 0.284. The SMILES string of the molecule is Oc1cscc1O. The summed E-state index contributed by atoms with van der Waals surface area (Å²) in [6.45, 7) is 0. The Balaban J connectivity index is 3.12. The molecule has 0 aromatic carbocycles. The average molecular weight is 116 g/mol. The van der Waals surface area contributed by atoms with Crippen molar-refractivity contribution >= 4 is 11.3 Å². The van der Waals surface area contributed by atoms with Gasteiger partial charge in [-0.15, -0.1) is 11.3 Å². The molecule has 38 valence electrons. The van der Waals surface area contributed by atoms with Gasteiger partial charge in [-0.3, -0.25) is 0 Å². The maximum Gasteiger partial charge on any atom is 0.168 e. The second-order valence-corrected chi connectivity index (χ2v) is 1.89. The lowest BCUT2D eigenvalue weighted by molar-refractivity contribution is 0.407. The largest absolute Gasteiger partial charge is 0.504 e. The van der Waals surface area contributed by atoms with Crippen LogP contribution in [0, 0.1) is 0 Å². The summed E-state index contributed by atoms with van der Waals surface area (Å²) in [5, 5.41) is 20.0. The first-order chi connectivity index (χ1) is 3.30. The zero-order valence-electron chi connectivity index (χ0n) is 3.46. The molecule has 1 rings (SSSR count). The molecular weight excluding hydrogens is 112 g/mol. The highest BCUT2D eigenvalue weighted by atomic mass is 32.1. The normalized spacial score (nSPS) is 9.14. The first kappa shape index (κ1) is 4.46. The van der Waals surface area contributed by atoms with E-state index in [2.05, 4.69) is 0 Å². The fourth-order valence-corrected chi connectivity index (χ4v) is 0.851. The monoisotopic (exact) mass is 116 g/mol. The molecule has 0 unspecified atom stereocenters. The molecule has 0 aliphatic carbocycles. The van der Waals surface area contributed by atoms with Crippen LogP contribution in [-0.2, 0) is 0 Å². The van der Waals surface area contributed by atoms with Gasteiger partial charge in [-0.1, -0.05) is 0 Å². The van der Waals surface area contributed by atoms with E-state index >= 15 is 0 Å². The quantitative estimate of drug-likeness (QED) is 0.534. The van der Waals surface area contributed by atoms with Crippen molar-refractivity contribution in [3.8, 4) is 11.5 Å². The average Bonchev–Trinajstić information content (AvgIpc) is 1.91. The third kappa shape index (κ3) is 0.667. The lowest BCUT2D eigenvalue weighted by atomic mass is 10.6. The van der Waals surface area contributed by atoms with Crippen LogP contribution < -0.4 is 0 Å². The van der Waals surface area contributed by atoms with Crippen LogP contribution in [0.3, 0.4) is 0 Å². The molecule has 0 atom stereocenters. The van der Waals surface area contributed by atoms with Crippen molar-refractivity contribution in [3.63, 3.8) is 0 Å². The zero-order chi connectivity index (χ0) is 5.28. The van der Waals surface area contributed by atoms with Crippen LogP contribution in [0.1, 0.15) is 0 Å². The molecule has 2 N–H and O–H groups in total. The third-order valence-electron chi connectivity index (χ3n) is 0.622. The molecule has 0 aliphatic rings. The van der Waals surface area contributed by atoms with Gasteiger partial charge in [0.25, 0.3) is 0 Å². The molecule has 0 aliphatic heterocycles. The smallest absolute Gasteiger partial charge is 0.168 e. The van der Waals surface area contributed by atoms with Crippen molar-refractivity contribution in [1.29, 1.82) is 0 Å². The number of hydrogen-bond donors (Lipinski definition) is 2. The summed E-state index contributed by atoms with van der Waals surface area (Å²) in [6.07, 6.45) is 0. The van der Waals surface area contributed by atoms with Gasteiger partial charge in [-0.05, 0) is 0 Å². The van der Waals surface area contributed by atoms with Gasteiger partial charge < -0.3 is 10.2 Å². The summed E-state index contributed by atoms with van der Waals surface area (Å²) in [6, 6.07) is 0. The second kappa shape index (κ2) is 1.42. The van der Waals surface area contributed by atoms with Crippen molar-refractivity contribution in [2.45, 2.75) is 0 Å². The van der Waals surface area contributed by atoms with Crippen LogP contribution in [0.15, 0.2) is 10.8 Å². The lowest BCUT2D eigenvalue weighted by Crippen LogP contribution is -1.50. The molecule has 1 heterocycles. The van der Waals surface area contributed by atoms with Gasteiger partial charge in [-0.25, -0.2) is 0 Å². The number of hydrogen-bond acceptors (Lipinski definition) is 3. The number of aromatic hydroxyl groups is 2. The van der Waals surface area contributed by atoms with E-state index in [4.69, 9.17) is 10.2 Å². The van der Waals surface area contributed by atoms with Crippen LogP contribution in [0.25, 0.3) is 0 Å². The van der Waals surface area contributed by atoms with Crippen LogP contribution >= 0.6 is 11.3 Å². The number of rotatable bonds is 0. The van der Waals surface area contributed by atoms with Crippen molar-refractivity contribution in [1.82, 2.24) is 0 Å². The van der Waals surface area contributed by atoms with Crippen LogP contribution in [0.2, 0.25) is 0 Å². The molecule has 1 aromatic rings. The summed E-state index contributed by atoms with van der Waals surface area (Å²) in [7, 11) is 0. The molecule has 0 saturated heterocycles. The Morgan fingerprint density at radius 3 is 1.71 bits per heavy atom. The van der Waals surface area contributed by atoms with E-state index in [1.807, 2.05) is 0 Å². The Morgan fingerprint density at radius 2 is 1.57 bits per heavy atom. The minimum Gasteiger partial charge on any atom is -0.504 e. The van der Waals surface area contributed by atoms with E-state index in [-0.39, 0.29) is 11.5 Å². The Kier molecular flexibility index (Phi) is 0.906. The van der Waals surface area contributed by atoms with Crippen molar-refractivity contribution in [2.24, 2.45) is 0 Å². The molecule has 0 amide bonds. The minimum absolute atomic E-state index is 0.0370. The highest BCUT2D eigenvalue weighted by Gasteiger charge is 1.93. The first-order valence-electron chi connectivity index (χ1n) is 1.75. The molecule has 0 saturated carbocycles. The predicted molar refractivity (Wildman–Crippen MR) is 27.6 cm³/mol. The van der Waals surface area contributed by atoms with Crippen molar-refractivity contribution in [2.75, 3.05) is 0 Å². The fraction of sp³-hybridized carbons (Fsp3) is 0. The van der Waals surface area contributed by atoms with Crippen molar-refractivity contribution < 1.29 is 10.2 Å². The standard InChI is InChI=1S/C4H4O2S/c5-3-1-7-2-4(3)6/h1-2,5-6H. The van der Waals surface area contributed by atoms with Crippen LogP contribution in [0.4, 0.5) is 0 Å². The van der Waals surface area contributed by atoms with Gasteiger partial charge in [0.15, 0.2) is 11.5 Å². The first-order valence-corrected chi connectivity index (χ1v) is 2.69. The summed E-state index contributed by atoms with van der Waals surface area (Å²) in [5.41, 5.74) is 0. The van der Waals surface area contributed by atoms with Crippen LogP contribution in [-0.4, -0.2) is 10.2 Å². The topological polar surface area (TPSA) is 40.5 Å². The summed E-state index contributed by atoms with van der Waals surface area (Å²) >= 11 is 1.27. The molecule has 0 bridgehead atoms. The third-order valence-corrected chi connectivity index (χ3v) is 1.34. The highest BCUT2D eigenvalue weighted by molar-refractivity contribution is 7.08. The van der Waals surface area contributed by atoms with Gasteiger partial charge in [0.1, 0.15) is 0 Å².